The van der Waals surface area contributed by atoms with Crippen LogP contribution in [0.1, 0.15) is 5.56 Å². The minimum Gasteiger partial charge on any atom is -0.473 e. The predicted octanol–water partition coefficient (Wildman–Crippen LogP) is 4.20. The maximum absolute atomic E-state index is 7.30. The van der Waals surface area contributed by atoms with Crippen LogP contribution in [0.3, 0.4) is 0 Å². The number of nitrogens with one attached hydrogen (secondary N) is 1. The van der Waals surface area contributed by atoms with E-state index in [4.69, 9.17) is 56.5 Å². The van der Waals surface area contributed by atoms with Crippen molar-refractivity contribution < 1.29 is 4.74 Å². The molecule has 0 saturated heterocycles. The lowest BCUT2D eigenvalue weighted by atomic mass is 10.2. The fourth-order valence-electron chi connectivity index (χ4n) is 0.847. The van der Waals surface area contributed by atoms with Gasteiger partial charge in [0.25, 0.3) is 3.79 Å². The number of hydrogen-bond acceptors (Lipinski definition) is 2. The van der Waals surface area contributed by atoms with Crippen LogP contribution in [0.4, 0.5) is 0 Å². The average Bonchev–Trinajstić information content (AvgIpc) is 2.14. The molecule has 0 radical (unpaired) electrons. The highest BCUT2D eigenvalue weighted by molar-refractivity contribution is 6.76. The van der Waals surface area contributed by atoms with Gasteiger partial charge in [-0.15, -0.1) is 0 Å². The summed E-state index contributed by atoms with van der Waals surface area (Å²) in [6, 6.07) is 7.10. The molecule has 0 aliphatic rings. The maximum Gasteiger partial charge on any atom is 0.265 e. The van der Waals surface area contributed by atoms with Crippen molar-refractivity contribution in [3.63, 3.8) is 0 Å². The summed E-state index contributed by atoms with van der Waals surface area (Å²) < 4.78 is 3.14. The van der Waals surface area contributed by atoms with E-state index in [9.17, 15) is 0 Å². The van der Waals surface area contributed by atoms with Gasteiger partial charge in [0, 0.05) is 10.6 Å². The van der Waals surface area contributed by atoms with E-state index in [1.54, 1.807) is 18.2 Å². The van der Waals surface area contributed by atoms with Crippen LogP contribution in [-0.2, 0) is 11.3 Å². The third kappa shape index (κ3) is 4.07. The van der Waals surface area contributed by atoms with Crippen molar-refractivity contribution in [3.8, 4) is 0 Å². The first-order valence-corrected chi connectivity index (χ1v) is 5.44. The smallest absolute Gasteiger partial charge is 0.265 e. The predicted molar refractivity (Wildman–Crippen MR) is 64.3 cm³/mol. The number of ether oxygens (including phenoxy) is 1. The zero-order valence-electron chi connectivity index (χ0n) is 7.44. The van der Waals surface area contributed by atoms with Crippen LogP contribution in [0.15, 0.2) is 24.3 Å². The lowest BCUT2D eigenvalue weighted by Crippen LogP contribution is -2.20. The molecule has 1 aromatic carbocycles. The summed E-state index contributed by atoms with van der Waals surface area (Å²) in [5.74, 6) is -0.424. The lowest BCUT2D eigenvalue weighted by molar-refractivity contribution is 0.284. The van der Waals surface area contributed by atoms with Gasteiger partial charge in [0.1, 0.15) is 6.61 Å². The Hall–Kier alpha value is -0.150. The molecule has 0 heterocycles. The molecule has 6 heteroatoms. The van der Waals surface area contributed by atoms with Crippen LogP contribution in [0.2, 0.25) is 5.02 Å². The number of hydrogen-bond donors (Lipinski definition) is 1. The zero-order chi connectivity index (χ0) is 11.5. The van der Waals surface area contributed by atoms with Crippen molar-refractivity contribution in [2.24, 2.45) is 0 Å². The number of alkyl halides is 3. The Kier molecular flexibility index (Phi) is 4.53. The van der Waals surface area contributed by atoms with Crippen LogP contribution in [-0.4, -0.2) is 9.69 Å². The van der Waals surface area contributed by atoms with E-state index < -0.39 is 9.69 Å². The van der Waals surface area contributed by atoms with Gasteiger partial charge >= 0.3 is 0 Å². The summed E-state index contributed by atoms with van der Waals surface area (Å²) in [6.07, 6.45) is 0. The van der Waals surface area contributed by atoms with Gasteiger partial charge in [-0.05, 0) is 6.07 Å². The molecular weight excluding hydrogens is 280 g/mol. The molecule has 0 spiro atoms. The Morgan fingerprint density at radius 2 is 1.87 bits per heavy atom. The largest absolute Gasteiger partial charge is 0.473 e. The molecule has 82 valence electrons. The Morgan fingerprint density at radius 1 is 1.27 bits per heavy atom. The number of benzene rings is 1. The second-order valence-electron chi connectivity index (χ2n) is 2.71. The molecule has 1 aromatic rings. The molecule has 0 bridgehead atoms. The molecule has 0 unspecified atom stereocenters. The maximum atomic E-state index is 7.30. The molecule has 0 aromatic heterocycles. The summed E-state index contributed by atoms with van der Waals surface area (Å²) in [5.41, 5.74) is 0.734. The van der Waals surface area contributed by atoms with Crippen LogP contribution in [0, 0.1) is 5.41 Å². The first-order chi connectivity index (χ1) is 6.91. The van der Waals surface area contributed by atoms with Crippen molar-refractivity contribution >= 4 is 52.3 Å². The summed E-state index contributed by atoms with van der Waals surface area (Å²) in [7, 11) is 0. The van der Waals surface area contributed by atoms with Crippen LogP contribution in [0.5, 0.6) is 0 Å². The van der Waals surface area contributed by atoms with Crippen LogP contribution >= 0.6 is 46.4 Å². The van der Waals surface area contributed by atoms with E-state index in [-0.39, 0.29) is 6.61 Å². The highest BCUT2D eigenvalue weighted by Crippen LogP contribution is 2.28. The van der Waals surface area contributed by atoms with Gasteiger partial charge in [-0.25, -0.2) is 0 Å². The highest BCUT2D eigenvalue weighted by atomic mass is 35.6. The normalized spacial score (nSPS) is 11.2. The molecule has 0 fully saturated rings. The highest BCUT2D eigenvalue weighted by Gasteiger charge is 2.28. The van der Waals surface area contributed by atoms with Gasteiger partial charge in [0.2, 0.25) is 5.90 Å². The third-order valence-corrected chi connectivity index (χ3v) is 2.47. The minimum absolute atomic E-state index is 0.104. The zero-order valence-corrected chi connectivity index (χ0v) is 10.5. The van der Waals surface area contributed by atoms with Crippen molar-refractivity contribution in [2.45, 2.75) is 10.4 Å². The summed E-state index contributed by atoms with van der Waals surface area (Å²) >= 11 is 22.2. The monoisotopic (exact) mass is 285 g/mol. The van der Waals surface area contributed by atoms with Crippen molar-refractivity contribution in [1.82, 2.24) is 0 Å². The molecule has 1 N–H and O–H groups in total. The second-order valence-corrected chi connectivity index (χ2v) is 5.40. The van der Waals surface area contributed by atoms with Gasteiger partial charge in [0.05, 0.1) is 0 Å². The molecule has 0 aliphatic carbocycles. The Bertz CT molecular complexity index is 361. The first-order valence-electron chi connectivity index (χ1n) is 3.93. The van der Waals surface area contributed by atoms with Crippen molar-refractivity contribution in [1.29, 1.82) is 5.41 Å². The quantitative estimate of drug-likeness (QED) is 0.493. The fraction of sp³-hybridized carbons (Fsp3) is 0.222. The standard InChI is InChI=1S/C9H7Cl4NO/c10-7-4-2-1-3-6(7)5-15-8(14)9(11,12)13/h1-4,14H,5H2. The molecule has 0 saturated carbocycles. The summed E-state index contributed by atoms with van der Waals surface area (Å²) in [6.45, 7) is 0.104. The van der Waals surface area contributed by atoms with E-state index in [0.29, 0.717) is 5.02 Å². The Labute approximate surface area is 108 Å². The summed E-state index contributed by atoms with van der Waals surface area (Å²) in [4.78, 5) is 0. The molecule has 0 atom stereocenters. The van der Waals surface area contributed by atoms with Crippen molar-refractivity contribution in [2.75, 3.05) is 0 Å². The lowest BCUT2D eigenvalue weighted by Gasteiger charge is -2.13. The van der Waals surface area contributed by atoms with E-state index in [0.717, 1.165) is 5.56 Å². The number of halogens is 4. The van der Waals surface area contributed by atoms with E-state index in [2.05, 4.69) is 0 Å². The average molecular weight is 287 g/mol. The molecule has 1 rings (SSSR count). The second kappa shape index (κ2) is 5.26. The summed E-state index contributed by atoms with van der Waals surface area (Å²) in [5, 5.41) is 7.85. The Morgan fingerprint density at radius 3 is 2.40 bits per heavy atom. The van der Waals surface area contributed by atoms with E-state index in [1.165, 1.54) is 0 Å². The molecule has 2 nitrogen and oxygen atoms in total. The third-order valence-electron chi connectivity index (χ3n) is 1.59. The van der Waals surface area contributed by atoms with Gasteiger partial charge in [-0.3, -0.25) is 5.41 Å². The topological polar surface area (TPSA) is 33.1 Å². The minimum atomic E-state index is -1.83. The Balaban J connectivity index is 2.59. The molecule has 0 aliphatic heterocycles. The fourth-order valence-corrected chi connectivity index (χ4v) is 1.20. The SMILES string of the molecule is N=C(OCc1ccccc1Cl)C(Cl)(Cl)Cl. The van der Waals surface area contributed by atoms with Gasteiger partial charge in [-0.1, -0.05) is 64.6 Å². The van der Waals surface area contributed by atoms with Crippen LogP contribution in [0.25, 0.3) is 0 Å². The van der Waals surface area contributed by atoms with Crippen LogP contribution < -0.4 is 0 Å². The molecule has 15 heavy (non-hydrogen) atoms. The first kappa shape index (κ1) is 12.9. The van der Waals surface area contributed by atoms with Gasteiger partial charge < -0.3 is 4.74 Å². The van der Waals surface area contributed by atoms with Crippen molar-refractivity contribution in [3.05, 3.63) is 34.9 Å². The van der Waals surface area contributed by atoms with E-state index in [1.807, 2.05) is 6.07 Å². The molecule has 0 amide bonds. The van der Waals surface area contributed by atoms with Gasteiger partial charge in [0.15, 0.2) is 0 Å². The van der Waals surface area contributed by atoms with E-state index >= 15 is 0 Å². The molecular formula is C9H7Cl4NO. The van der Waals surface area contributed by atoms with Gasteiger partial charge in [-0.2, -0.15) is 0 Å². The number of rotatable bonds is 2.